The minimum atomic E-state index is -0.260. The number of ether oxygens (including phenoxy) is 1. The lowest BCUT2D eigenvalue weighted by Gasteiger charge is -2.59. The molecule has 1 amide bonds. The average molecular weight is 314 g/mol. The summed E-state index contributed by atoms with van der Waals surface area (Å²) in [6.07, 6.45) is 0.750. The van der Waals surface area contributed by atoms with Crippen molar-refractivity contribution < 1.29 is 9.53 Å². The van der Waals surface area contributed by atoms with E-state index in [1.165, 1.54) is 0 Å². The van der Waals surface area contributed by atoms with Crippen molar-refractivity contribution in [3.63, 3.8) is 0 Å². The number of aromatic nitrogens is 1. The van der Waals surface area contributed by atoms with E-state index in [-0.39, 0.29) is 34.2 Å². The first-order chi connectivity index (χ1) is 10.8. The van der Waals surface area contributed by atoms with Crippen LogP contribution in [-0.4, -0.2) is 29.6 Å². The number of benzene rings is 1. The Morgan fingerprint density at radius 3 is 2.65 bits per heavy atom. The summed E-state index contributed by atoms with van der Waals surface area (Å²) >= 11 is 0. The number of pyridine rings is 1. The fraction of sp³-hybridized carbons (Fsp3) is 0.444. The van der Waals surface area contributed by atoms with Gasteiger partial charge in [0, 0.05) is 24.0 Å². The molecule has 1 aromatic carbocycles. The maximum Gasteiger partial charge on any atom is 0.268 e. The van der Waals surface area contributed by atoms with Gasteiger partial charge >= 0.3 is 0 Å². The summed E-state index contributed by atoms with van der Waals surface area (Å²) in [5.74, 6) is -0.260. The molecule has 0 bridgehead atoms. The van der Waals surface area contributed by atoms with Gasteiger partial charge in [0.25, 0.3) is 11.5 Å². The standard InChI is InChI=1S/C18H22N2O3/c1-17(2)14(10-18(17,3)23-4)20-16(22)13-9-11-7-5-6-8-12(11)15(21)19-13/h5-9,14H,10H2,1-4H3,(H,19,21)(H,20,22)/t14-,18-/m1/s1. The molecule has 3 rings (SSSR count). The third-order valence-electron chi connectivity index (χ3n) is 5.58. The van der Waals surface area contributed by atoms with Crippen LogP contribution < -0.4 is 10.9 Å². The molecule has 1 heterocycles. The summed E-state index contributed by atoms with van der Waals surface area (Å²) in [6.45, 7) is 6.20. The Morgan fingerprint density at radius 1 is 1.30 bits per heavy atom. The van der Waals surface area contributed by atoms with Crippen molar-refractivity contribution in [1.82, 2.24) is 10.3 Å². The molecule has 23 heavy (non-hydrogen) atoms. The lowest BCUT2D eigenvalue weighted by Crippen LogP contribution is -2.68. The van der Waals surface area contributed by atoms with Crippen LogP contribution in [-0.2, 0) is 4.74 Å². The molecule has 2 atom stereocenters. The lowest BCUT2D eigenvalue weighted by molar-refractivity contribution is -0.177. The molecular weight excluding hydrogens is 292 g/mol. The second-order valence-corrected chi connectivity index (χ2v) is 6.99. The molecule has 1 aliphatic carbocycles. The number of hydrogen-bond acceptors (Lipinski definition) is 3. The molecule has 0 saturated heterocycles. The van der Waals surface area contributed by atoms with Crippen molar-refractivity contribution in [3.05, 3.63) is 46.4 Å². The highest BCUT2D eigenvalue weighted by Gasteiger charge is 2.58. The van der Waals surface area contributed by atoms with Gasteiger partial charge in [0.05, 0.1) is 5.60 Å². The van der Waals surface area contributed by atoms with Gasteiger partial charge in [-0.25, -0.2) is 0 Å². The Hall–Kier alpha value is -2.14. The van der Waals surface area contributed by atoms with E-state index in [0.717, 1.165) is 11.8 Å². The van der Waals surface area contributed by atoms with Crippen molar-refractivity contribution >= 4 is 16.7 Å². The minimum absolute atomic E-state index is 0.00919. The zero-order valence-electron chi connectivity index (χ0n) is 13.9. The van der Waals surface area contributed by atoms with E-state index < -0.39 is 0 Å². The molecule has 0 radical (unpaired) electrons. The predicted molar refractivity (Wildman–Crippen MR) is 89.6 cm³/mol. The number of H-pyrrole nitrogens is 1. The van der Waals surface area contributed by atoms with Crippen molar-refractivity contribution in [2.45, 2.75) is 38.8 Å². The van der Waals surface area contributed by atoms with Gasteiger partial charge in [0.1, 0.15) is 5.69 Å². The molecule has 1 fully saturated rings. The van der Waals surface area contributed by atoms with Gasteiger partial charge in [-0.1, -0.05) is 32.0 Å². The Bertz CT molecular complexity index is 824. The van der Waals surface area contributed by atoms with Crippen LogP contribution in [0.3, 0.4) is 0 Å². The van der Waals surface area contributed by atoms with Crippen molar-refractivity contribution in [2.24, 2.45) is 5.41 Å². The molecule has 5 heteroatoms. The molecule has 2 aromatic rings. The molecule has 1 saturated carbocycles. The van der Waals surface area contributed by atoms with E-state index in [2.05, 4.69) is 24.1 Å². The maximum absolute atomic E-state index is 12.5. The normalized spacial score (nSPS) is 25.8. The van der Waals surface area contributed by atoms with Gasteiger partial charge < -0.3 is 15.0 Å². The number of aromatic amines is 1. The summed E-state index contributed by atoms with van der Waals surface area (Å²) in [7, 11) is 1.70. The first kappa shape index (κ1) is 15.7. The van der Waals surface area contributed by atoms with E-state index in [1.54, 1.807) is 25.3 Å². The van der Waals surface area contributed by atoms with Crippen LogP contribution >= 0.6 is 0 Å². The van der Waals surface area contributed by atoms with Gasteiger partial charge in [-0.3, -0.25) is 9.59 Å². The monoisotopic (exact) mass is 314 g/mol. The van der Waals surface area contributed by atoms with Gasteiger partial charge in [-0.2, -0.15) is 0 Å². The summed E-state index contributed by atoms with van der Waals surface area (Å²) in [6, 6.07) is 8.95. The second-order valence-electron chi connectivity index (χ2n) is 6.99. The summed E-state index contributed by atoms with van der Waals surface area (Å²) < 4.78 is 5.57. The highest BCUT2D eigenvalue weighted by molar-refractivity contribution is 5.96. The van der Waals surface area contributed by atoms with E-state index >= 15 is 0 Å². The van der Waals surface area contributed by atoms with E-state index in [1.807, 2.05) is 19.1 Å². The summed E-state index contributed by atoms with van der Waals surface area (Å²) in [5, 5.41) is 4.36. The van der Waals surface area contributed by atoms with Gasteiger partial charge in [0.2, 0.25) is 0 Å². The highest BCUT2D eigenvalue weighted by Crippen LogP contribution is 2.51. The number of fused-ring (bicyclic) bond motifs is 1. The number of carbonyl (C=O) groups is 1. The number of methoxy groups -OCH3 is 1. The average Bonchev–Trinajstić information content (AvgIpc) is 2.54. The Kier molecular flexibility index (Phi) is 3.56. The molecule has 0 unspecified atom stereocenters. The molecule has 2 N–H and O–H groups in total. The van der Waals surface area contributed by atoms with Crippen molar-refractivity contribution in [3.8, 4) is 0 Å². The molecule has 0 spiro atoms. The number of nitrogens with one attached hydrogen (secondary N) is 2. The van der Waals surface area contributed by atoms with Gasteiger partial charge in [-0.15, -0.1) is 0 Å². The van der Waals surface area contributed by atoms with Gasteiger partial charge in [-0.05, 0) is 30.9 Å². The summed E-state index contributed by atoms with van der Waals surface area (Å²) in [5.41, 5.74) is -0.380. The zero-order valence-corrected chi connectivity index (χ0v) is 13.9. The summed E-state index contributed by atoms with van der Waals surface area (Å²) in [4.78, 5) is 27.3. The lowest BCUT2D eigenvalue weighted by atomic mass is 9.56. The molecule has 1 aliphatic rings. The minimum Gasteiger partial charge on any atom is -0.378 e. The molecule has 0 aliphatic heterocycles. The Labute approximate surface area is 135 Å². The first-order valence-electron chi connectivity index (χ1n) is 7.76. The molecule has 5 nitrogen and oxygen atoms in total. The van der Waals surface area contributed by atoms with Crippen LogP contribution in [0.2, 0.25) is 0 Å². The Morgan fingerprint density at radius 2 is 2.00 bits per heavy atom. The van der Waals surface area contributed by atoms with Crippen LogP contribution in [0.15, 0.2) is 35.1 Å². The predicted octanol–water partition coefficient (Wildman–Crippen LogP) is 2.46. The van der Waals surface area contributed by atoms with E-state index in [0.29, 0.717) is 5.39 Å². The van der Waals surface area contributed by atoms with Crippen LogP contribution in [0.4, 0.5) is 0 Å². The Balaban J connectivity index is 1.84. The van der Waals surface area contributed by atoms with E-state index in [4.69, 9.17) is 4.74 Å². The number of carbonyl (C=O) groups excluding carboxylic acids is 1. The first-order valence-corrected chi connectivity index (χ1v) is 7.76. The third kappa shape index (κ3) is 2.36. The number of rotatable bonds is 3. The molecule has 1 aromatic heterocycles. The molecule has 122 valence electrons. The van der Waals surface area contributed by atoms with Crippen LogP contribution in [0.1, 0.15) is 37.7 Å². The topological polar surface area (TPSA) is 71.2 Å². The third-order valence-corrected chi connectivity index (χ3v) is 5.58. The SMILES string of the molecule is CO[C@]1(C)C[C@@H](NC(=O)c2cc3ccccc3c(=O)[nH]2)C1(C)C. The van der Waals surface area contributed by atoms with Crippen LogP contribution in [0.5, 0.6) is 0 Å². The second kappa shape index (κ2) is 5.20. The number of amides is 1. The number of hydrogen-bond donors (Lipinski definition) is 2. The zero-order chi connectivity index (χ0) is 16.8. The highest BCUT2D eigenvalue weighted by atomic mass is 16.5. The fourth-order valence-corrected chi connectivity index (χ4v) is 3.29. The smallest absolute Gasteiger partial charge is 0.268 e. The fourth-order valence-electron chi connectivity index (χ4n) is 3.29. The maximum atomic E-state index is 12.5. The quantitative estimate of drug-likeness (QED) is 0.914. The van der Waals surface area contributed by atoms with E-state index in [9.17, 15) is 9.59 Å². The van der Waals surface area contributed by atoms with Gasteiger partial charge in [0.15, 0.2) is 0 Å². The van der Waals surface area contributed by atoms with Crippen molar-refractivity contribution in [2.75, 3.05) is 7.11 Å². The van der Waals surface area contributed by atoms with Crippen molar-refractivity contribution in [1.29, 1.82) is 0 Å². The van der Waals surface area contributed by atoms with Crippen LogP contribution in [0, 0.1) is 5.41 Å². The molecular formula is C18H22N2O3. The largest absolute Gasteiger partial charge is 0.378 e. The van der Waals surface area contributed by atoms with Crippen LogP contribution in [0.25, 0.3) is 10.8 Å².